The van der Waals surface area contributed by atoms with Gasteiger partial charge in [0.05, 0.1) is 10.7 Å². The maximum absolute atomic E-state index is 11.8. The van der Waals surface area contributed by atoms with Crippen LogP contribution in [0.4, 0.5) is 0 Å². The van der Waals surface area contributed by atoms with Gasteiger partial charge in [-0.15, -0.1) is 11.3 Å². The van der Waals surface area contributed by atoms with Crippen LogP contribution in [-0.4, -0.2) is 10.8 Å². The van der Waals surface area contributed by atoms with Crippen molar-refractivity contribution in [2.45, 2.75) is 32.6 Å². The molecule has 0 aliphatic rings. The number of Topliss-reactive ketones (excluding diaryl/α,β-unsaturated/α-hetero) is 1. The van der Waals surface area contributed by atoms with Gasteiger partial charge in [0.25, 0.3) is 0 Å². The van der Waals surface area contributed by atoms with E-state index in [1.807, 2.05) is 30.5 Å². The zero-order chi connectivity index (χ0) is 12.8. The third kappa shape index (κ3) is 4.08. The van der Waals surface area contributed by atoms with Crippen molar-refractivity contribution >= 4 is 17.1 Å². The second-order valence-electron chi connectivity index (χ2n) is 4.41. The third-order valence-corrected chi connectivity index (χ3v) is 3.63. The minimum Gasteiger partial charge on any atom is -0.299 e. The van der Waals surface area contributed by atoms with E-state index < -0.39 is 0 Å². The minimum atomic E-state index is 0.288. The Kier molecular flexibility index (Phi) is 4.65. The molecule has 1 heterocycles. The number of benzene rings is 1. The maximum atomic E-state index is 11.8. The average molecular weight is 259 g/mol. The van der Waals surface area contributed by atoms with E-state index in [4.69, 9.17) is 0 Å². The molecule has 2 nitrogen and oxygen atoms in total. The van der Waals surface area contributed by atoms with Crippen LogP contribution in [0.15, 0.2) is 35.7 Å². The number of aromatic nitrogens is 1. The molecule has 0 fully saturated rings. The fourth-order valence-corrected chi connectivity index (χ4v) is 2.53. The zero-order valence-corrected chi connectivity index (χ0v) is 11.4. The molecule has 0 aliphatic heterocycles. The number of rotatable bonds is 6. The van der Waals surface area contributed by atoms with Gasteiger partial charge in [0.1, 0.15) is 5.78 Å². The number of hydrogen-bond donors (Lipinski definition) is 0. The summed E-state index contributed by atoms with van der Waals surface area (Å²) in [5.41, 5.74) is 2.22. The molecule has 0 spiro atoms. The Bertz CT molecular complexity index is 504. The Hall–Kier alpha value is -1.48. The molecule has 2 rings (SSSR count). The van der Waals surface area contributed by atoms with E-state index in [9.17, 15) is 4.79 Å². The molecule has 0 N–H and O–H groups in total. The molecular formula is C15H17NOS. The van der Waals surface area contributed by atoms with Gasteiger partial charge in [-0.2, -0.15) is 0 Å². The average Bonchev–Trinajstić information content (AvgIpc) is 2.76. The number of nitrogens with zero attached hydrogens (tertiary/aromatic N) is 1. The molecule has 0 bridgehead atoms. The summed E-state index contributed by atoms with van der Waals surface area (Å²) < 4.78 is 0. The van der Waals surface area contributed by atoms with Crippen molar-refractivity contribution in [2.24, 2.45) is 0 Å². The molecule has 0 radical (unpaired) electrons. The predicted molar refractivity (Wildman–Crippen MR) is 74.9 cm³/mol. The highest BCUT2D eigenvalue weighted by Crippen LogP contribution is 2.11. The van der Waals surface area contributed by atoms with Gasteiger partial charge in [-0.1, -0.05) is 30.3 Å². The van der Waals surface area contributed by atoms with Crippen molar-refractivity contribution in [1.82, 2.24) is 4.98 Å². The summed E-state index contributed by atoms with van der Waals surface area (Å²) in [6.45, 7) is 1.97. The van der Waals surface area contributed by atoms with Crippen molar-refractivity contribution in [3.63, 3.8) is 0 Å². The van der Waals surface area contributed by atoms with Crippen LogP contribution in [0.1, 0.15) is 29.1 Å². The topological polar surface area (TPSA) is 30.0 Å². The monoisotopic (exact) mass is 259 g/mol. The molecule has 18 heavy (non-hydrogen) atoms. The number of hydrogen-bond acceptors (Lipinski definition) is 3. The molecule has 1 aromatic heterocycles. The van der Waals surface area contributed by atoms with Gasteiger partial charge in [0.15, 0.2) is 0 Å². The highest BCUT2D eigenvalue weighted by molar-refractivity contribution is 7.09. The summed E-state index contributed by atoms with van der Waals surface area (Å²) in [4.78, 5) is 16.1. The van der Waals surface area contributed by atoms with Crippen molar-refractivity contribution in [2.75, 3.05) is 0 Å². The fraction of sp³-hybridized carbons (Fsp3) is 0.333. The van der Waals surface area contributed by atoms with Gasteiger partial charge in [-0.05, 0) is 25.3 Å². The first-order valence-corrected chi connectivity index (χ1v) is 7.08. The Morgan fingerprint density at radius 2 is 2.06 bits per heavy atom. The first-order valence-electron chi connectivity index (χ1n) is 6.20. The second-order valence-corrected chi connectivity index (χ2v) is 5.47. The van der Waals surface area contributed by atoms with Crippen LogP contribution in [0, 0.1) is 6.92 Å². The van der Waals surface area contributed by atoms with Crippen LogP contribution >= 0.6 is 11.3 Å². The predicted octanol–water partition coefficient (Wildman–Crippen LogP) is 3.59. The van der Waals surface area contributed by atoms with Crippen LogP contribution in [0.2, 0.25) is 0 Å². The molecule has 0 amide bonds. The summed E-state index contributed by atoms with van der Waals surface area (Å²) in [6.07, 6.45) is 3.03. The Morgan fingerprint density at radius 1 is 1.28 bits per heavy atom. The summed E-state index contributed by atoms with van der Waals surface area (Å²) >= 11 is 1.60. The van der Waals surface area contributed by atoms with Gasteiger partial charge >= 0.3 is 0 Å². The molecule has 3 heteroatoms. The molecule has 0 aliphatic carbocycles. The number of carbonyl (C=O) groups excluding carboxylic acids is 1. The van der Waals surface area contributed by atoms with Crippen LogP contribution in [0.5, 0.6) is 0 Å². The molecule has 0 atom stereocenters. The molecule has 1 aromatic carbocycles. The van der Waals surface area contributed by atoms with Crippen molar-refractivity contribution < 1.29 is 4.79 Å². The summed E-state index contributed by atoms with van der Waals surface area (Å²) in [5, 5.41) is 3.01. The quantitative estimate of drug-likeness (QED) is 0.793. The minimum absolute atomic E-state index is 0.288. The van der Waals surface area contributed by atoms with Crippen molar-refractivity contribution in [1.29, 1.82) is 0 Å². The number of thiazole rings is 1. The number of aryl methyl sites for hydroxylation is 2. The Labute approximate surface area is 112 Å². The summed E-state index contributed by atoms with van der Waals surface area (Å²) in [7, 11) is 0. The van der Waals surface area contributed by atoms with E-state index >= 15 is 0 Å². The Balaban J connectivity index is 1.72. The summed E-state index contributed by atoms with van der Waals surface area (Å²) in [6, 6.07) is 10.3. The second kappa shape index (κ2) is 6.45. The lowest BCUT2D eigenvalue weighted by Crippen LogP contribution is -2.03. The van der Waals surface area contributed by atoms with Crippen molar-refractivity contribution in [3.05, 3.63) is 52.0 Å². The van der Waals surface area contributed by atoms with Gasteiger partial charge in [0, 0.05) is 18.2 Å². The molecular weight excluding hydrogens is 242 g/mol. The molecule has 0 saturated heterocycles. The lowest BCUT2D eigenvalue weighted by molar-refractivity contribution is -0.118. The third-order valence-electron chi connectivity index (χ3n) is 2.81. The maximum Gasteiger partial charge on any atom is 0.138 e. The van der Waals surface area contributed by atoms with Gasteiger partial charge in [-0.3, -0.25) is 4.79 Å². The Morgan fingerprint density at radius 3 is 2.72 bits per heavy atom. The smallest absolute Gasteiger partial charge is 0.138 e. The molecule has 2 aromatic rings. The number of carbonyl (C=O) groups is 1. The molecule has 0 saturated carbocycles. The van der Waals surface area contributed by atoms with E-state index in [0.717, 1.165) is 23.5 Å². The van der Waals surface area contributed by atoms with E-state index in [2.05, 4.69) is 17.1 Å². The van der Waals surface area contributed by atoms with Gasteiger partial charge in [0.2, 0.25) is 0 Å². The highest BCUT2D eigenvalue weighted by atomic mass is 32.1. The SMILES string of the molecule is Cc1nc(CC(=O)CCCc2ccccc2)cs1. The highest BCUT2D eigenvalue weighted by Gasteiger charge is 2.06. The van der Waals surface area contributed by atoms with Crippen LogP contribution in [0.25, 0.3) is 0 Å². The zero-order valence-electron chi connectivity index (χ0n) is 10.6. The largest absolute Gasteiger partial charge is 0.299 e. The number of ketones is 1. The normalized spacial score (nSPS) is 10.5. The van der Waals surface area contributed by atoms with E-state index in [-0.39, 0.29) is 5.78 Å². The van der Waals surface area contributed by atoms with Crippen LogP contribution < -0.4 is 0 Å². The van der Waals surface area contributed by atoms with Crippen LogP contribution in [-0.2, 0) is 17.6 Å². The van der Waals surface area contributed by atoms with Crippen LogP contribution in [0.3, 0.4) is 0 Å². The van der Waals surface area contributed by atoms with E-state index in [0.29, 0.717) is 12.8 Å². The first-order chi connectivity index (χ1) is 8.74. The lowest BCUT2D eigenvalue weighted by Gasteiger charge is -2.00. The van der Waals surface area contributed by atoms with E-state index in [1.54, 1.807) is 11.3 Å². The first kappa shape index (κ1) is 13.0. The fourth-order valence-electron chi connectivity index (χ4n) is 1.91. The molecule has 0 unspecified atom stereocenters. The lowest BCUT2D eigenvalue weighted by atomic mass is 10.1. The summed E-state index contributed by atoms with van der Waals surface area (Å²) in [5.74, 6) is 0.288. The van der Waals surface area contributed by atoms with Gasteiger partial charge in [-0.25, -0.2) is 4.98 Å². The van der Waals surface area contributed by atoms with Gasteiger partial charge < -0.3 is 0 Å². The molecule has 94 valence electrons. The van der Waals surface area contributed by atoms with Crippen molar-refractivity contribution in [3.8, 4) is 0 Å². The van der Waals surface area contributed by atoms with E-state index in [1.165, 1.54) is 5.56 Å². The standard InChI is InChI=1S/C15H17NOS/c1-12-16-14(11-18-12)10-15(17)9-5-8-13-6-3-2-4-7-13/h2-4,6-7,11H,5,8-10H2,1H3.